The summed E-state index contributed by atoms with van der Waals surface area (Å²) in [6.45, 7) is 2.00. The van der Waals surface area contributed by atoms with Gasteiger partial charge < -0.3 is 24.4 Å². The van der Waals surface area contributed by atoms with Crippen LogP contribution in [0.25, 0.3) is 0 Å². The minimum Gasteiger partial charge on any atom is -0.493 e. The molecule has 2 aromatic rings. The Hall–Kier alpha value is -2.96. The van der Waals surface area contributed by atoms with E-state index in [0.29, 0.717) is 28.5 Å². The Balaban J connectivity index is 1.80. The number of nitrogens with one attached hydrogen (secondary N) is 1. The van der Waals surface area contributed by atoms with Crippen LogP contribution in [0.1, 0.15) is 36.0 Å². The van der Waals surface area contributed by atoms with Gasteiger partial charge in [-0.2, -0.15) is 0 Å². The van der Waals surface area contributed by atoms with Gasteiger partial charge in [0, 0.05) is 37.1 Å². The van der Waals surface area contributed by atoms with E-state index in [1.807, 2.05) is 12.3 Å². The molecule has 0 aliphatic carbocycles. The van der Waals surface area contributed by atoms with Crippen LogP contribution in [0.2, 0.25) is 0 Å². The molecule has 1 N–H and O–H groups in total. The van der Waals surface area contributed by atoms with E-state index in [2.05, 4.69) is 15.2 Å². The number of amides is 1. The topological polar surface area (TPSA) is 72.9 Å². The van der Waals surface area contributed by atoms with Gasteiger partial charge in [-0.3, -0.25) is 9.78 Å². The van der Waals surface area contributed by atoms with Crippen molar-refractivity contribution >= 4 is 17.3 Å². The summed E-state index contributed by atoms with van der Waals surface area (Å²) in [6.07, 6.45) is 8.25. The van der Waals surface area contributed by atoms with Crippen molar-refractivity contribution in [3.05, 3.63) is 36.2 Å². The molecule has 1 saturated heterocycles. The maximum atomic E-state index is 12.8. The summed E-state index contributed by atoms with van der Waals surface area (Å²) in [5.41, 5.74) is 2.05. The van der Waals surface area contributed by atoms with Crippen LogP contribution in [0.4, 0.5) is 11.4 Å². The Morgan fingerprint density at radius 2 is 1.57 bits per heavy atom. The number of nitrogens with zero attached hydrogens (tertiary/aromatic N) is 2. The van der Waals surface area contributed by atoms with Crippen LogP contribution in [0.15, 0.2) is 30.6 Å². The average Bonchev–Trinajstić information content (AvgIpc) is 3.02. The van der Waals surface area contributed by atoms with Gasteiger partial charge in [-0.25, -0.2) is 0 Å². The van der Waals surface area contributed by atoms with Gasteiger partial charge in [-0.15, -0.1) is 0 Å². The number of methoxy groups -OCH3 is 3. The number of carbonyl (C=O) groups is 1. The van der Waals surface area contributed by atoms with Gasteiger partial charge in [0.2, 0.25) is 5.75 Å². The summed E-state index contributed by atoms with van der Waals surface area (Å²) in [7, 11) is 4.62. The first-order chi connectivity index (χ1) is 13.7. The van der Waals surface area contributed by atoms with Crippen LogP contribution in [0.5, 0.6) is 17.2 Å². The molecule has 0 radical (unpaired) electrons. The molecule has 28 heavy (non-hydrogen) atoms. The number of pyridine rings is 1. The van der Waals surface area contributed by atoms with Gasteiger partial charge in [0.05, 0.1) is 38.8 Å². The van der Waals surface area contributed by atoms with E-state index in [0.717, 1.165) is 18.8 Å². The highest BCUT2D eigenvalue weighted by Gasteiger charge is 2.17. The molecule has 1 fully saturated rings. The average molecular weight is 385 g/mol. The Kier molecular flexibility index (Phi) is 6.57. The molecule has 0 unspecified atom stereocenters. The van der Waals surface area contributed by atoms with E-state index in [1.54, 1.807) is 25.4 Å². The van der Waals surface area contributed by atoms with Gasteiger partial charge in [-0.1, -0.05) is 12.8 Å². The second-order valence-corrected chi connectivity index (χ2v) is 6.70. The smallest absolute Gasteiger partial charge is 0.257 e. The zero-order chi connectivity index (χ0) is 19.9. The molecule has 7 heteroatoms. The van der Waals surface area contributed by atoms with Gasteiger partial charge >= 0.3 is 0 Å². The summed E-state index contributed by atoms with van der Waals surface area (Å²) in [5.74, 6) is 1.20. The Labute approximate surface area is 165 Å². The fourth-order valence-electron chi connectivity index (χ4n) is 3.41. The number of aromatic nitrogens is 1. The lowest BCUT2D eigenvalue weighted by atomic mass is 10.2. The molecular formula is C21H27N3O4. The van der Waals surface area contributed by atoms with E-state index in [1.165, 1.54) is 39.9 Å². The number of anilines is 2. The van der Waals surface area contributed by atoms with Gasteiger partial charge in [-0.05, 0) is 18.9 Å². The number of hydrogen-bond donors (Lipinski definition) is 1. The molecule has 150 valence electrons. The lowest BCUT2D eigenvalue weighted by Crippen LogP contribution is -2.24. The first kappa shape index (κ1) is 19.8. The third-order valence-electron chi connectivity index (χ3n) is 4.88. The minimum absolute atomic E-state index is 0.238. The zero-order valence-corrected chi connectivity index (χ0v) is 16.7. The lowest BCUT2D eigenvalue weighted by Gasteiger charge is -2.22. The Morgan fingerprint density at radius 1 is 0.929 bits per heavy atom. The summed E-state index contributed by atoms with van der Waals surface area (Å²) >= 11 is 0. The monoisotopic (exact) mass is 385 g/mol. The maximum absolute atomic E-state index is 12.8. The van der Waals surface area contributed by atoms with E-state index >= 15 is 0 Å². The van der Waals surface area contributed by atoms with E-state index in [9.17, 15) is 4.79 Å². The second kappa shape index (κ2) is 9.30. The first-order valence-electron chi connectivity index (χ1n) is 9.47. The highest BCUT2D eigenvalue weighted by molar-refractivity contribution is 6.04. The van der Waals surface area contributed by atoms with Crippen LogP contribution in [0.3, 0.4) is 0 Å². The van der Waals surface area contributed by atoms with Crippen molar-refractivity contribution in [1.82, 2.24) is 4.98 Å². The maximum Gasteiger partial charge on any atom is 0.257 e. The summed E-state index contributed by atoms with van der Waals surface area (Å²) in [6, 6.07) is 5.29. The van der Waals surface area contributed by atoms with E-state index < -0.39 is 0 Å². The van der Waals surface area contributed by atoms with Crippen molar-refractivity contribution in [2.24, 2.45) is 0 Å². The van der Waals surface area contributed by atoms with Gasteiger partial charge in [0.25, 0.3) is 5.91 Å². The second-order valence-electron chi connectivity index (χ2n) is 6.70. The summed E-state index contributed by atoms with van der Waals surface area (Å²) < 4.78 is 16.0. The molecule has 1 aliphatic heterocycles. The Morgan fingerprint density at radius 3 is 2.14 bits per heavy atom. The predicted octanol–water partition coefficient (Wildman–Crippen LogP) is 3.74. The SMILES string of the molecule is COc1cc(NC(=O)c2cncc(N3CCCCCC3)c2)cc(OC)c1OC. The van der Waals surface area contributed by atoms with Crippen molar-refractivity contribution in [1.29, 1.82) is 0 Å². The quantitative estimate of drug-likeness (QED) is 0.817. The molecule has 2 heterocycles. The minimum atomic E-state index is -0.238. The number of benzene rings is 1. The third-order valence-corrected chi connectivity index (χ3v) is 4.88. The fraction of sp³-hybridized carbons (Fsp3) is 0.429. The zero-order valence-electron chi connectivity index (χ0n) is 16.7. The van der Waals surface area contributed by atoms with Crippen molar-refractivity contribution in [2.45, 2.75) is 25.7 Å². The predicted molar refractivity (Wildman–Crippen MR) is 109 cm³/mol. The van der Waals surface area contributed by atoms with Crippen LogP contribution < -0.4 is 24.4 Å². The van der Waals surface area contributed by atoms with Crippen molar-refractivity contribution in [3.8, 4) is 17.2 Å². The molecule has 1 amide bonds. The summed E-state index contributed by atoms with van der Waals surface area (Å²) in [4.78, 5) is 19.4. The molecule has 3 rings (SSSR count). The fourth-order valence-corrected chi connectivity index (χ4v) is 3.41. The van der Waals surface area contributed by atoms with Crippen LogP contribution in [-0.4, -0.2) is 45.3 Å². The normalized spacial score (nSPS) is 14.2. The molecule has 1 aromatic carbocycles. The lowest BCUT2D eigenvalue weighted by molar-refractivity contribution is 0.102. The summed E-state index contributed by atoms with van der Waals surface area (Å²) in [5, 5.41) is 2.89. The van der Waals surface area contributed by atoms with Crippen molar-refractivity contribution in [3.63, 3.8) is 0 Å². The number of carbonyl (C=O) groups excluding carboxylic acids is 1. The molecular weight excluding hydrogens is 358 g/mol. The van der Waals surface area contributed by atoms with Gasteiger partial charge in [0.1, 0.15) is 0 Å². The third kappa shape index (κ3) is 4.47. The van der Waals surface area contributed by atoms with Crippen molar-refractivity contribution < 1.29 is 19.0 Å². The number of ether oxygens (including phenoxy) is 3. The van der Waals surface area contributed by atoms with Crippen LogP contribution in [0, 0.1) is 0 Å². The molecule has 1 aliphatic rings. The van der Waals surface area contributed by atoms with Gasteiger partial charge in [0.15, 0.2) is 11.5 Å². The highest BCUT2D eigenvalue weighted by atomic mass is 16.5. The molecule has 7 nitrogen and oxygen atoms in total. The standard InChI is InChI=1S/C21H27N3O4/c1-26-18-11-16(12-19(27-2)20(18)28-3)23-21(25)15-10-17(14-22-13-15)24-8-6-4-5-7-9-24/h10-14H,4-9H2,1-3H3,(H,23,25). The number of hydrogen-bond acceptors (Lipinski definition) is 6. The molecule has 0 bridgehead atoms. The van der Waals surface area contributed by atoms with E-state index in [-0.39, 0.29) is 5.91 Å². The molecule has 1 aromatic heterocycles. The highest BCUT2D eigenvalue weighted by Crippen LogP contribution is 2.40. The Bertz CT molecular complexity index is 792. The molecule has 0 atom stereocenters. The molecule has 0 spiro atoms. The van der Waals surface area contributed by atoms with Crippen LogP contribution in [-0.2, 0) is 0 Å². The van der Waals surface area contributed by atoms with Crippen LogP contribution >= 0.6 is 0 Å². The number of rotatable bonds is 6. The first-order valence-corrected chi connectivity index (χ1v) is 9.47. The molecule has 0 saturated carbocycles. The van der Waals surface area contributed by atoms with Crippen molar-refractivity contribution in [2.75, 3.05) is 44.6 Å². The van der Waals surface area contributed by atoms with E-state index in [4.69, 9.17) is 14.2 Å². The largest absolute Gasteiger partial charge is 0.493 e.